The molecule has 1 aromatic rings. The molecule has 4 heteroatoms. The van der Waals surface area contributed by atoms with Crippen molar-refractivity contribution in [1.82, 2.24) is 10.2 Å². The normalized spacial score (nSPS) is 16.4. The minimum absolute atomic E-state index is 0.184. The topological polar surface area (TPSA) is 32.3 Å². The van der Waals surface area contributed by atoms with Crippen molar-refractivity contribution >= 4 is 5.91 Å². The second-order valence-corrected chi connectivity index (χ2v) is 5.50. The number of carbonyl (C=O) groups is 1. The van der Waals surface area contributed by atoms with E-state index in [0.29, 0.717) is 19.1 Å². The molecule has 1 aliphatic rings. The number of hydrogen-bond donors (Lipinski definition) is 1. The van der Waals surface area contributed by atoms with Crippen LogP contribution in [-0.2, 0) is 0 Å². The van der Waals surface area contributed by atoms with Crippen LogP contribution in [0.3, 0.4) is 0 Å². The highest BCUT2D eigenvalue weighted by molar-refractivity contribution is 5.94. The standard InChI is InChI=1S/C16H23FN2O/c1-3-8-18-13-6-9-19(10-7-13)16(20)14-5-4-12(2)11-15(14)17/h4-5,11,13,18H,3,6-10H2,1-2H3. The van der Waals surface area contributed by atoms with Gasteiger partial charge in [-0.25, -0.2) is 4.39 Å². The molecule has 0 bridgehead atoms. The maximum absolute atomic E-state index is 13.8. The summed E-state index contributed by atoms with van der Waals surface area (Å²) in [5.74, 6) is -0.599. The molecule has 0 spiro atoms. The Labute approximate surface area is 120 Å². The van der Waals surface area contributed by atoms with Crippen molar-refractivity contribution in [3.05, 3.63) is 35.1 Å². The lowest BCUT2D eigenvalue weighted by Crippen LogP contribution is -2.45. The van der Waals surface area contributed by atoms with Crippen LogP contribution in [0.1, 0.15) is 42.1 Å². The van der Waals surface area contributed by atoms with Crippen LogP contribution >= 0.6 is 0 Å². The van der Waals surface area contributed by atoms with Crippen molar-refractivity contribution in [2.24, 2.45) is 0 Å². The Morgan fingerprint density at radius 3 is 2.70 bits per heavy atom. The van der Waals surface area contributed by atoms with Gasteiger partial charge in [0.05, 0.1) is 5.56 Å². The van der Waals surface area contributed by atoms with Crippen LogP contribution in [0.2, 0.25) is 0 Å². The lowest BCUT2D eigenvalue weighted by Gasteiger charge is -2.32. The van der Waals surface area contributed by atoms with Crippen LogP contribution in [0.5, 0.6) is 0 Å². The Morgan fingerprint density at radius 2 is 2.10 bits per heavy atom. The van der Waals surface area contributed by atoms with Crippen LogP contribution in [0.15, 0.2) is 18.2 Å². The Kier molecular flexibility index (Phi) is 5.12. The molecule has 0 saturated carbocycles. The fourth-order valence-electron chi connectivity index (χ4n) is 2.60. The number of nitrogens with zero attached hydrogens (tertiary/aromatic N) is 1. The molecule has 1 saturated heterocycles. The predicted molar refractivity (Wildman–Crippen MR) is 78.4 cm³/mol. The highest BCUT2D eigenvalue weighted by Gasteiger charge is 2.24. The minimum atomic E-state index is -0.416. The zero-order chi connectivity index (χ0) is 14.5. The molecule has 2 rings (SSSR count). The van der Waals surface area contributed by atoms with Gasteiger partial charge in [0.15, 0.2) is 0 Å². The number of benzene rings is 1. The molecule has 0 atom stereocenters. The third-order valence-electron chi connectivity index (χ3n) is 3.82. The smallest absolute Gasteiger partial charge is 0.256 e. The van der Waals surface area contributed by atoms with Gasteiger partial charge in [-0.2, -0.15) is 0 Å². The second kappa shape index (κ2) is 6.84. The maximum atomic E-state index is 13.8. The SMILES string of the molecule is CCCNC1CCN(C(=O)c2ccc(C)cc2F)CC1. The van der Waals surface area contributed by atoms with Gasteiger partial charge in [0.2, 0.25) is 0 Å². The molecular formula is C16H23FN2O. The third-order valence-corrected chi connectivity index (χ3v) is 3.82. The number of hydrogen-bond acceptors (Lipinski definition) is 2. The Bertz CT molecular complexity index is 468. The quantitative estimate of drug-likeness (QED) is 0.918. The number of carbonyl (C=O) groups excluding carboxylic acids is 1. The largest absolute Gasteiger partial charge is 0.338 e. The molecular weight excluding hydrogens is 255 g/mol. The number of halogens is 1. The first-order valence-corrected chi connectivity index (χ1v) is 7.40. The molecule has 110 valence electrons. The lowest BCUT2D eigenvalue weighted by atomic mass is 10.0. The Hall–Kier alpha value is -1.42. The average Bonchev–Trinajstić information content (AvgIpc) is 2.45. The monoisotopic (exact) mass is 278 g/mol. The Morgan fingerprint density at radius 1 is 1.40 bits per heavy atom. The summed E-state index contributed by atoms with van der Waals surface area (Å²) >= 11 is 0. The van der Waals surface area contributed by atoms with E-state index in [9.17, 15) is 9.18 Å². The van der Waals surface area contributed by atoms with Crippen molar-refractivity contribution in [3.8, 4) is 0 Å². The van der Waals surface area contributed by atoms with Crippen molar-refractivity contribution in [2.45, 2.75) is 39.2 Å². The van der Waals surface area contributed by atoms with Gasteiger partial charge < -0.3 is 10.2 Å². The summed E-state index contributed by atoms with van der Waals surface area (Å²) in [4.78, 5) is 14.1. The van der Waals surface area contributed by atoms with Gasteiger partial charge in [-0.1, -0.05) is 13.0 Å². The van der Waals surface area contributed by atoms with E-state index in [4.69, 9.17) is 0 Å². The molecule has 1 amide bonds. The number of rotatable bonds is 4. The van der Waals surface area contributed by atoms with Crippen molar-refractivity contribution in [3.63, 3.8) is 0 Å². The van der Waals surface area contributed by atoms with Gasteiger partial charge >= 0.3 is 0 Å². The summed E-state index contributed by atoms with van der Waals surface area (Å²) in [7, 11) is 0. The van der Waals surface area contributed by atoms with E-state index in [1.807, 2.05) is 6.92 Å². The highest BCUT2D eigenvalue weighted by Crippen LogP contribution is 2.17. The average molecular weight is 278 g/mol. The molecule has 0 unspecified atom stereocenters. The van der Waals surface area contributed by atoms with E-state index in [0.717, 1.165) is 31.4 Å². The zero-order valence-corrected chi connectivity index (χ0v) is 12.3. The van der Waals surface area contributed by atoms with Gasteiger partial charge in [-0.3, -0.25) is 4.79 Å². The van der Waals surface area contributed by atoms with Gasteiger partial charge in [0.1, 0.15) is 5.82 Å². The van der Waals surface area contributed by atoms with Crippen LogP contribution in [0.4, 0.5) is 4.39 Å². The minimum Gasteiger partial charge on any atom is -0.338 e. The fourth-order valence-corrected chi connectivity index (χ4v) is 2.60. The van der Waals surface area contributed by atoms with Crippen LogP contribution in [0, 0.1) is 12.7 Å². The summed E-state index contributed by atoms with van der Waals surface area (Å²) in [5, 5.41) is 3.48. The molecule has 1 N–H and O–H groups in total. The van der Waals surface area contributed by atoms with Gasteiger partial charge in [-0.15, -0.1) is 0 Å². The van der Waals surface area contributed by atoms with E-state index < -0.39 is 5.82 Å². The summed E-state index contributed by atoms with van der Waals surface area (Å²) < 4.78 is 13.8. The summed E-state index contributed by atoms with van der Waals surface area (Å²) in [6.45, 7) is 6.39. The van der Waals surface area contributed by atoms with E-state index in [2.05, 4.69) is 12.2 Å². The number of piperidine rings is 1. The highest BCUT2D eigenvalue weighted by atomic mass is 19.1. The van der Waals surface area contributed by atoms with Crippen LogP contribution < -0.4 is 5.32 Å². The molecule has 1 heterocycles. The van der Waals surface area contributed by atoms with Gasteiger partial charge in [-0.05, 0) is 50.4 Å². The van der Waals surface area contributed by atoms with Gasteiger partial charge in [0.25, 0.3) is 5.91 Å². The lowest BCUT2D eigenvalue weighted by molar-refractivity contribution is 0.0700. The van der Waals surface area contributed by atoms with Crippen LogP contribution in [0.25, 0.3) is 0 Å². The fraction of sp³-hybridized carbons (Fsp3) is 0.562. The summed E-state index contributed by atoms with van der Waals surface area (Å²) in [6.07, 6.45) is 3.01. The molecule has 20 heavy (non-hydrogen) atoms. The van der Waals surface area contributed by atoms with Crippen molar-refractivity contribution < 1.29 is 9.18 Å². The van der Waals surface area contributed by atoms with Crippen LogP contribution in [-0.4, -0.2) is 36.5 Å². The van der Waals surface area contributed by atoms with E-state index in [-0.39, 0.29) is 11.5 Å². The summed E-state index contributed by atoms with van der Waals surface area (Å²) in [5.41, 5.74) is 1.03. The van der Waals surface area contributed by atoms with E-state index in [1.54, 1.807) is 17.0 Å². The third kappa shape index (κ3) is 3.57. The number of likely N-dealkylation sites (tertiary alicyclic amines) is 1. The number of amides is 1. The first-order valence-electron chi connectivity index (χ1n) is 7.40. The first kappa shape index (κ1) is 15.0. The maximum Gasteiger partial charge on any atom is 0.256 e. The van der Waals surface area contributed by atoms with E-state index >= 15 is 0 Å². The molecule has 0 radical (unpaired) electrons. The second-order valence-electron chi connectivity index (χ2n) is 5.50. The zero-order valence-electron chi connectivity index (χ0n) is 12.3. The molecule has 0 aliphatic carbocycles. The Balaban J connectivity index is 1.94. The summed E-state index contributed by atoms with van der Waals surface area (Å²) in [6, 6.07) is 5.28. The molecule has 1 aromatic carbocycles. The van der Waals surface area contributed by atoms with E-state index in [1.165, 1.54) is 6.07 Å². The number of nitrogens with one attached hydrogen (secondary N) is 1. The molecule has 3 nitrogen and oxygen atoms in total. The van der Waals surface area contributed by atoms with Crippen molar-refractivity contribution in [1.29, 1.82) is 0 Å². The number of aryl methyl sites for hydroxylation is 1. The van der Waals surface area contributed by atoms with Gasteiger partial charge in [0, 0.05) is 19.1 Å². The predicted octanol–water partition coefficient (Wildman–Crippen LogP) is 2.74. The van der Waals surface area contributed by atoms with Crippen molar-refractivity contribution in [2.75, 3.05) is 19.6 Å². The first-order chi connectivity index (χ1) is 9.61. The molecule has 1 aliphatic heterocycles. The molecule has 1 fully saturated rings. The molecule has 0 aromatic heterocycles.